The molecule has 2 amide bonds. The third kappa shape index (κ3) is 5.05. The van der Waals surface area contributed by atoms with Crippen LogP contribution in [-0.2, 0) is 6.18 Å². The highest BCUT2D eigenvalue weighted by Gasteiger charge is 2.38. The van der Waals surface area contributed by atoms with Crippen LogP contribution in [0, 0.1) is 5.92 Å². The molecule has 10 heteroatoms. The quantitative estimate of drug-likeness (QED) is 0.632. The van der Waals surface area contributed by atoms with E-state index >= 15 is 0 Å². The molecule has 3 heterocycles. The molecule has 2 aromatic rings. The Morgan fingerprint density at radius 3 is 2.42 bits per heavy atom. The van der Waals surface area contributed by atoms with Crippen molar-refractivity contribution >= 4 is 28.3 Å². The first-order valence-corrected chi connectivity index (χ1v) is 11.6. The summed E-state index contributed by atoms with van der Waals surface area (Å²) in [6, 6.07) is 4.89. The summed E-state index contributed by atoms with van der Waals surface area (Å²) in [5, 5.41) is 3.62. The van der Waals surface area contributed by atoms with E-state index in [9.17, 15) is 22.8 Å². The fourth-order valence-electron chi connectivity index (χ4n) is 4.02. The summed E-state index contributed by atoms with van der Waals surface area (Å²) in [6.07, 6.45) is -2.11. The van der Waals surface area contributed by atoms with Gasteiger partial charge in [-0.15, -0.1) is 0 Å². The number of nitrogens with zero attached hydrogens (tertiary/aromatic N) is 3. The molecule has 0 bridgehead atoms. The van der Waals surface area contributed by atoms with Gasteiger partial charge in [-0.3, -0.25) is 9.59 Å². The average molecular weight is 479 g/mol. The summed E-state index contributed by atoms with van der Waals surface area (Å²) in [7, 11) is 0. The molecule has 2 aliphatic heterocycles. The third-order valence-electron chi connectivity index (χ3n) is 5.77. The van der Waals surface area contributed by atoms with Crippen molar-refractivity contribution < 1.29 is 22.8 Å². The third-order valence-corrected chi connectivity index (χ3v) is 6.83. The molecule has 0 saturated carbocycles. The molecular formula is C23H25F3N4O2S. The van der Waals surface area contributed by atoms with E-state index in [2.05, 4.69) is 24.1 Å². The van der Waals surface area contributed by atoms with Crippen molar-refractivity contribution in [2.75, 3.05) is 37.6 Å². The number of amides is 2. The van der Waals surface area contributed by atoms with Crippen molar-refractivity contribution in [3.8, 4) is 0 Å². The predicted molar refractivity (Wildman–Crippen MR) is 120 cm³/mol. The van der Waals surface area contributed by atoms with Gasteiger partial charge in [-0.05, 0) is 35.6 Å². The van der Waals surface area contributed by atoms with Crippen molar-refractivity contribution in [2.45, 2.75) is 26.4 Å². The molecule has 0 aliphatic carbocycles. The summed E-state index contributed by atoms with van der Waals surface area (Å²) in [5.41, 5.74) is 0.804. The minimum Gasteiger partial charge on any atom is -0.351 e. The number of benzene rings is 1. The molecule has 0 saturated heterocycles. The monoisotopic (exact) mass is 478 g/mol. The number of aromatic nitrogens is 1. The van der Waals surface area contributed by atoms with Gasteiger partial charge in [0, 0.05) is 32.7 Å². The van der Waals surface area contributed by atoms with Gasteiger partial charge in [-0.25, -0.2) is 4.98 Å². The Morgan fingerprint density at radius 1 is 1.12 bits per heavy atom. The Labute approximate surface area is 194 Å². The Kier molecular flexibility index (Phi) is 6.47. The molecule has 0 fully saturated rings. The van der Waals surface area contributed by atoms with Crippen molar-refractivity contribution in [2.24, 2.45) is 5.92 Å². The van der Waals surface area contributed by atoms with Crippen LogP contribution >= 0.6 is 11.3 Å². The summed E-state index contributed by atoms with van der Waals surface area (Å²) >= 11 is 1.31. The summed E-state index contributed by atoms with van der Waals surface area (Å²) in [5.74, 6) is -0.244. The van der Waals surface area contributed by atoms with Crippen LogP contribution in [0.2, 0.25) is 0 Å². The largest absolute Gasteiger partial charge is 0.417 e. The molecule has 4 rings (SSSR count). The Balaban J connectivity index is 1.36. The van der Waals surface area contributed by atoms with Crippen LogP contribution in [0.25, 0.3) is 0 Å². The average Bonchev–Trinajstić information content (AvgIpc) is 3.46. The minimum atomic E-state index is -4.58. The van der Waals surface area contributed by atoms with Crippen LogP contribution in [0.5, 0.6) is 0 Å². The number of carbonyl (C=O) groups excluding carboxylic acids is 2. The molecular weight excluding hydrogens is 453 g/mol. The molecule has 6 nitrogen and oxygen atoms in total. The lowest BCUT2D eigenvalue weighted by molar-refractivity contribution is -0.138. The maximum Gasteiger partial charge on any atom is 0.417 e. The number of halogens is 3. The number of hydrogen-bond acceptors (Lipinski definition) is 5. The van der Waals surface area contributed by atoms with Crippen LogP contribution in [0.1, 0.15) is 45.9 Å². The summed E-state index contributed by atoms with van der Waals surface area (Å²) in [6.45, 7) is 6.49. The fourth-order valence-corrected chi connectivity index (χ4v) is 4.85. The van der Waals surface area contributed by atoms with Gasteiger partial charge in [0.25, 0.3) is 11.8 Å². The van der Waals surface area contributed by atoms with Gasteiger partial charge in [-0.2, -0.15) is 13.2 Å². The van der Waals surface area contributed by atoms with Crippen molar-refractivity contribution in [1.29, 1.82) is 0 Å². The molecule has 1 aromatic heterocycles. The molecule has 176 valence electrons. The number of nitrogens with one attached hydrogen (secondary N) is 1. The summed E-state index contributed by atoms with van der Waals surface area (Å²) in [4.78, 5) is 33.6. The lowest BCUT2D eigenvalue weighted by Gasteiger charge is -2.23. The van der Waals surface area contributed by atoms with Crippen molar-refractivity contribution in [1.82, 2.24) is 15.2 Å². The van der Waals surface area contributed by atoms with E-state index in [1.54, 1.807) is 6.20 Å². The van der Waals surface area contributed by atoms with E-state index in [0.29, 0.717) is 43.5 Å². The van der Waals surface area contributed by atoms with Gasteiger partial charge in [-0.1, -0.05) is 37.3 Å². The smallest absolute Gasteiger partial charge is 0.351 e. The van der Waals surface area contributed by atoms with E-state index in [-0.39, 0.29) is 11.5 Å². The molecule has 1 N–H and O–H groups in total. The highest BCUT2D eigenvalue weighted by Crippen LogP contribution is 2.35. The van der Waals surface area contributed by atoms with Crippen LogP contribution < -0.4 is 10.2 Å². The molecule has 0 radical (unpaired) electrons. The van der Waals surface area contributed by atoms with E-state index in [0.717, 1.165) is 28.8 Å². The zero-order valence-electron chi connectivity index (χ0n) is 18.4. The topological polar surface area (TPSA) is 65.5 Å². The normalized spacial score (nSPS) is 16.1. The number of thiazole rings is 1. The van der Waals surface area contributed by atoms with Crippen LogP contribution in [0.3, 0.4) is 0 Å². The summed E-state index contributed by atoms with van der Waals surface area (Å²) < 4.78 is 39.9. The van der Waals surface area contributed by atoms with Crippen LogP contribution in [-0.4, -0.2) is 54.4 Å². The van der Waals surface area contributed by atoms with E-state index in [4.69, 9.17) is 0 Å². The SMILES string of the molecule is CC(C)CCNC(=O)c1cnc(N2CC3=C(CN(C(=O)c4ccccc4C(F)(F)F)C3)C2)s1. The van der Waals surface area contributed by atoms with Gasteiger partial charge in [0.1, 0.15) is 4.88 Å². The first-order chi connectivity index (χ1) is 15.6. The lowest BCUT2D eigenvalue weighted by Crippen LogP contribution is -2.35. The zero-order valence-corrected chi connectivity index (χ0v) is 19.2. The number of anilines is 1. The Bertz CT molecular complexity index is 1080. The van der Waals surface area contributed by atoms with Crippen molar-refractivity contribution in [3.63, 3.8) is 0 Å². The second-order valence-corrected chi connectivity index (χ2v) is 9.72. The van der Waals surface area contributed by atoms with Crippen LogP contribution in [0.15, 0.2) is 41.6 Å². The van der Waals surface area contributed by atoms with Gasteiger partial charge in [0.05, 0.1) is 17.3 Å². The highest BCUT2D eigenvalue weighted by molar-refractivity contribution is 7.17. The number of hydrogen-bond donors (Lipinski definition) is 1. The van der Waals surface area contributed by atoms with E-state index in [1.165, 1.54) is 34.4 Å². The highest BCUT2D eigenvalue weighted by atomic mass is 32.1. The van der Waals surface area contributed by atoms with Gasteiger partial charge in [0.15, 0.2) is 5.13 Å². The number of alkyl halides is 3. The lowest BCUT2D eigenvalue weighted by atomic mass is 10.1. The molecule has 0 unspecified atom stereocenters. The zero-order chi connectivity index (χ0) is 23.8. The minimum absolute atomic E-state index is 0.140. The second-order valence-electron chi connectivity index (χ2n) is 8.71. The predicted octanol–water partition coefficient (Wildman–Crippen LogP) is 4.21. The first kappa shape index (κ1) is 23.3. The second kappa shape index (κ2) is 9.17. The van der Waals surface area contributed by atoms with Gasteiger partial charge < -0.3 is 15.1 Å². The number of rotatable bonds is 6. The molecule has 33 heavy (non-hydrogen) atoms. The van der Waals surface area contributed by atoms with Gasteiger partial charge in [0.2, 0.25) is 0 Å². The fraction of sp³-hybridized carbons (Fsp3) is 0.435. The van der Waals surface area contributed by atoms with Crippen LogP contribution in [0.4, 0.5) is 18.3 Å². The maximum absolute atomic E-state index is 13.3. The molecule has 2 aliphatic rings. The molecule has 0 spiro atoms. The van der Waals surface area contributed by atoms with E-state index in [1.807, 2.05) is 4.90 Å². The maximum atomic E-state index is 13.3. The Hall–Kier alpha value is -2.88. The van der Waals surface area contributed by atoms with Crippen molar-refractivity contribution in [3.05, 3.63) is 57.6 Å². The first-order valence-electron chi connectivity index (χ1n) is 10.8. The molecule has 0 atom stereocenters. The number of carbonyl (C=O) groups is 2. The van der Waals surface area contributed by atoms with Gasteiger partial charge >= 0.3 is 6.18 Å². The Morgan fingerprint density at radius 2 is 1.79 bits per heavy atom. The standard InChI is InChI=1S/C23H25F3N4O2S/c1-14(2)7-8-27-20(31)19-9-28-22(33-19)30-12-15-10-29(11-16(15)13-30)21(32)17-5-3-4-6-18(17)23(24,25)26/h3-6,9,14H,7-8,10-13H2,1-2H3,(H,27,31). The van der Waals surface area contributed by atoms with E-state index < -0.39 is 17.6 Å². The molecule has 1 aromatic carbocycles.